The lowest BCUT2D eigenvalue weighted by molar-refractivity contribution is 0.252. The second-order valence-electron chi connectivity index (χ2n) is 5.41. The molecule has 0 fully saturated rings. The molecule has 2 N–H and O–H groups in total. The van der Waals surface area contributed by atoms with Crippen molar-refractivity contribution in [3.63, 3.8) is 0 Å². The van der Waals surface area contributed by atoms with E-state index < -0.39 is 6.03 Å². The van der Waals surface area contributed by atoms with Crippen molar-refractivity contribution in [1.29, 1.82) is 0 Å². The lowest BCUT2D eigenvalue weighted by Gasteiger charge is -2.11. The molecule has 0 atom stereocenters. The Bertz CT molecular complexity index is 870. The number of nitrogens with zero attached hydrogens (tertiary/aromatic N) is 1. The summed E-state index contributed by atoms with van der Waals surface area (Å²) >= 11 is 6.87. The van der Waals surface area contributed by atoms with E-state index in [0.29, 0.717) is 23.8 Å². The van der Waals surface area contributed by atoms with Crippen molar-refractivity contribution >= 4 is 49.8 Å². The van der Waals surface area contributed by atoms with Crippen LogP contribution in [0.4, 0.5) is 10.5 Å². The number of methoxy groups -OCH3 is 1. The van der Waals surface area contributed by atoms with Gasteiger partial charge in [-0.05, 0) is 58.7 Å². The minimum atomic E-state index is -0.443. The van der Waals surface area contributed by atoms with Crippen LogP contribution >= 0.6 is 31.9 Å². The third kappa shape index (κ3) is 6.11. The highest BCUT2D eigenvalue weighted by Gasteiger charge is 2.09. The van der Waals surface area contributed by atoms with Gasteiger partial charge in [0, 0.05) is 20.2 Å². The number of ether oxygens (including phenoxy) is 2. The smallest absolute Gasteiger partial charge is 0.339 e. The summed E-state index contributed by atoms with van der Waals surface area (Å²) < 4.78 is 12.6. The number of carbonyl (C=O) groups excluding carboxylic acids is 1. The van der Waals surface area contributed by atoms with E-state index in [-0.39, 0.29) is 0 Å². The minimum Gasteiger partial charge on any atom is -0.493 e. The summed E-state index contributed by atoms with van der Waals surface area (Å²) in [6.45, 7) is 5.93. The van der Waals surface area contributed by atoms with E-state index in [2.05, 4.69) is 54.3 Å². The van der Waals surface area contributed by atoms with E-state index in [0.717, 1.165) is 20.1 Å². The fraction of sp³-hybridized carbons (Fsp3) is 0.158. The number of rotatable bonds is 7. The maximum Gasteiger partial charge on any atom is 0.339 e. The number of hydrazone groups is 1. The summed E-state index contributed by atoms with van der Waals surface area (Å²) in [6.07, 6.45) is 3.16. The maximum atomic E-state index is 12.0. The number of benzene rings is 2. The number of anilines is 1. The molecule has 0 aliphatic carbocycles. The molecule has 2 rings (SSSR count). The molecular weight excluding hydrogens is 478 g/mol. The molecule has 0 aromatic heterocycles. The SMILES string of the molecule is C=CCOc1cc(Br)c(/C=N/NC(=O)Nc2ccc(Br)c(C)c2)cc1OC. The molecule has 0 heterocycles. The molecule has 142 valence electrons. The highest BCUT2D eigenvalue weighted by molar-refractivity contribution is 9.10. The Kier molecular flexibility index (Phi) is 7.87. The first-order valence-electron chi connectivity index (χ1n) is 7.92. The van der Waals surface area contributed by atoms with E-state index in [1.807, 2.05) is 19.1 Å². The van der Waals surface area contributed by atoms with Crippen LogP contribution in [0.3, 0.4) is 0 Å². The zero-order valence-electron chi connectivity index (χ0n) is 14.9. The lowest BCUT2D eigenvalue weighted by Crippen LogP contribution is -2.24. The Morgan fingerprint density at radius 2 is 2.00 bits per heavy atom. The molecule has 0 spiro atoms. The number of halogens is 2. The van der Waals surface area contributed by atoms with Gasteiger partial charge in [0.15, 0.2) is 11.5 Å². The normalized spacial score (nSPS) is 10.5. The van der Waals surface area contributed by atoms with Crippen LogP contribution in [0, 0.1) is 6.92 Å². The largest absolute Gasteiger partial charge is 0.493 e. The maximum absolute atomic E-state index is 12.0. The van der Waals surface area contributed by atoms with E-state index in [4.69, 9.17) is 9.47 Å². The Morgan fingerprint density at radius 3 is 2.67 bits per heavy atom. The Balaban J connectivity index is 2.03. The third-order valence-corrected chi connectivity index (χ3v) is 5.00. The number of carbonyl (C=O) groups is 1. The highest BCUT2D eigenvalue weighted by Crippen LogP contribution is 2.32. The monoisotopic (exact) mass is 495 g/mol. The average Bonchev–Trinajstić information content (AvgIpc) is 2.64. The molecule has 6 nitrogen and oxygen atoms in total. The van der Waals surface area contributed by atoms with Gasteiger partial charge in [-0.3, -0.25) is 0 Å². The summed E-state index contributed by atoms with van der Waals surface area (Å²) in [6, 6.07) is 8.61. The van der Waals surface area contributed by atoms with Gasteiger partial charge in [0.25, 0.3) is 0 Å². The molecule has 0 radical (unpaired) electrons. The van der Waals surface area contributed by atoms with Crippen molar-refractivity contribution < 1.29 is 14.3 Å². The Morgan fingerprint density at radius 1 is 1.22 bits per heavy atom. The Hall–Kier alpha value is -2.32. The topological polar surface area (TPSA) is 72.0 Å². The van der Waals surface area contributed by atoms with Gasteiger partial charge in [-0.15, -0.1) is 0 Å². The van der Waals surface area contributed by atoms with Crippen LogP contribution in [0.1, 0.15) is 11.1 Å². The molecule has 2 aromatic rings. The van der Waals surface area contributed by atoms with Crippen LogP contribution in [0.5, 0.6) is 11.5 Å². The fourth-order valence-corrected chi connectivity index (χ4v) is 2.78. The van der Waals surface area contributed by atoms with Crippen molar-refractivity contribution in [2.45, 2.75) is 6.92 Å². The number of hydrogen-bond acceptors (Lipinski definition) is 4. The number of nitrogens with one attached hydrogen (secondary N) is 2. The van der Waals surface area contributed by atoms with Gasteiger partial charge >= 0.3 is 6.03 Å². The first-order valence-corrected chi connectivity index (χ1v) is 9.50. The predicted molar refractivity (Wildman–Crippen MR) is 115 cm³/mol. The molecule has 27 heavy (non-hydrogen) atoms. The van der Waals surface area contributed by atoms with Crippen LogP contribution in [-0.4, -0.2) is 26.0 Å². The summed E-state index contributed by atoms with van der Waals surface area (Å²) in [4.78, 5) is 12.0. The van der Waals surface area contributed by atoms with Crippen LogP contribution in [0.15, 0.2) is 57.0 Å². The van der Waals surface area contributed by atoms with Crippen molar-refractivity contribution in [1.82, 2.24) is 5.43 Å². The third-order valence-electron chi connectivity index (χ3n) is 3.43. The van der Waals surface area contributed by atoms with E-state index in [1.54, 1.807) is 31.4 Å². The second kappa shape index (κ2) is 10.1. The van der Waals surface area contributed by atoms with E-state index >= 15 is 0 Å². The van der Waals surface area contributed by atoms with Crippen LogP contribution in [-0.2, 0) is 0 Å². The number of urea groups is 1. The Labute approximate surface area is 174 Å². The molecule has 2 amide bonds. The summed E-state index contributed by atoms with van der Waals surface area (Å²) in [7, 11) is 1.55. The van der Waals surface area contributed by atoms with Crippen LogP contribution in [0.25, 0.3) is 0 Å². The number of aryl methyl sites for hydroxylation is 1. The van der Waals surface area contributed by atoms with Gasteiger partial charge in [0.05, 0.1) is 13.3 Å². The van der Waals surface area contributed by atoms with Crippen LogP contribution in [0.2, 0.25) is 0 Å². The van der Waals surface area contributed by atoms with Crippen molar-refractivity contribution in [3.05, 3.63) is 63.1 Å². The second-order valence-corrected chi connectivity index (χ2v) is 7.12. The zero-order chi connectivity index (χ0) is 19.8. The molecular formula is C19H19Br2N3O3. The number of hydrogen-bond donors (Lipinski definition) is 2. The van der Waals surface area contributed by atoms with Gasteiger partial charge in [0.2, 0.25) is 0 Å². The summed E-state index contributed by atoms with van der Waals surface area (Å²) in [5.74, 6) is 1.13. The van der Waals surface area contributed by atoms with Gasteiger partial charge in [-0.2, -0.15) is 5.10 Å². The number of amides is 2. The first kappa shape index (κ1) is 21.0. The summed E-state index contributed by atoms with van der Waals surface area (Å²) in [5, 5.41) is 6.68. The van der Waals surface area contributed by atoms with Gasteiger partial charge < -0.3 is 14.8 Å². The quantitative estimate of drug-likeness (QED) is 0.312. The predicted octanol–water partition coefficient (Wildman–Crippen LogP) is 5.25. The molecule has 8 heteroatoms. The summed E-state index contributed by atoms with van der Waals surface area (Å²) in [5.41, 5.74) is 4.84. The minimum absolute atomic E-state index is 0.369. The molecule has 0 aliphatic heterocycles. The molecule has 2 aromatic carbocycles. The van der Waals surface area contributed by atoms with E-state index in [1.165, 1.54) is 6.21 Å². The molecule has 0 bridgehead atoms. The molecule has 0 saturated carbocycles. The van der Waals surface area contributed by atoms with Gasteiger partial charge in [-0.1, -0.05) is 28.6 Å². The van der Waals surface area contributed by atoms with Gasteiger partial charge in [0.1, 0.15) is 6.61 Å². The molecule has 0 saturated heterocycles. The molecule has 0 unspecified atom stereocenters. The van der Waals surface area contributed by atoms with Crippen molar-refractivity contribution in [2.24, 2.45) is 5.10 Å². The van der Waals surface area contributed by atoms with E-state index in [9.17, 15) is 4.79 Å². The lowest BCUT2D eigenvalue weighted by atomic mass is 10.2. The standard InChI is InChI=1S/C19H19Br2N3O3/c1-4-7-27-18-10-16(21)13(9-17(18)26-3)11-22-24-19(25)23-14-5-6-15(20)12(2)8-14/h4-6,8-11H,1,7H2,2-3H3,(H2,23,24,25)/b22-11+. The fourth-order valence-electron chi connectivity index (χ4n) is 2.11. The van der Waals surface area contributed by atoms with Crippen molar-refractivity contribution in [3.8, 4) is 11.5 Å². The van der Waals surface area contributed by atoms with Crippen LogP contribution < -0.4 is 20.2 Å². The van der Waals surface area contributed by atoms with Gasteiger partial charge in [-0.25, -0.2) is 10.2 Å². The highest BCUT2D eigenvalue weighted by atomic mass is 79.9. The average molecular weight is 497 g/mol. The van der Waals surface area contributed by atoms with Crippen molar-refractivity contribution in [2.75, 3.05) is 19.0 Å². The first-order chi connectivity index (χ1) is 12.9. The molecule has 0 aliphatic rings. The zero-order valence-corrected chi connectivity index (χ0v) is 18.1.